The van der Waals surface area contributed by atoms with Crippen LogP contribution in [-0.2, 0) is 14.3 Å². The Balaban J connectivity index is 2.13. The third kappa shape index (κ3) is 6.79. The molecule has 6 heteroatoms. The Morgan fingerprint density at radius 1 is 1.27 bits per heavy atom. The van der Waals surface area contributed by atoms with Crippen LogP contribution in [-0.4, -0.2) is 36.2 Å². The molecule has 1 aliphatic carbocycles. The van der Waals surface area contributed by atoms with Crippen molar-refractivity contribution < 1.29 is 23.5 Å². The Kier molecular flexibility index (Phi) is 8.03. The van der Waals surface area contributed by atoms with Crippen LogP contribution in [0.4, 0.5) is 9.18 Å². The van der Waals surface area contributed by atoms with Crippen molar-refractivity contribution in [1.82, 2.24) is 5.32 Å². The molecule has 0 spiro atoms. The number of aldehydes is 1. The van der Waals surface area contributed by atoms with Crippen LogP contribution in [0.25, 0.3) is 0 Å². The first-order valence-corrected chi connectivity index (χ1v) is 10.8. The van der Waals surface area contributed by atoms with E-state index < -0.39 is 17.2 Å². The highest BCUT2D eigenvalue weighted by atomic mass is 19.1. The molecule has 1 aromatic carbocycles. The van der Waals surface area contributed by atoms with Crippen LogP contribution in [0, 0.1) is 18.7 Å². The molecule has 0 radical (unpaired) electrons. The van der Waals surface area contributed by atoms with E-state index in [-0.39, 0.29) is 24.4 Å². The lowest BCUT2D eigenvalue weighted by atomic mass is 9.79. The Morgan fingerprint density at radius 3 is 2.43 bits per heavy atom. The lowest BCUT2D eigenvalue weighted by Crippen LogP contribution is -2.53. The van der Waals surface area contributed by atoms with Gasteiger partial charge in [0.05, 0.1) is 12.7 Å². The van der Waals surface area contributed by atoms with E-state index in [1.165, 1.54) is 18.9 Å². The fraction of sp³-hybridized carbons (Fsp3) is 0.667. The van der Waals surface area contributed by atoms with Crippen molar-refractivity contribution in [2.45, 2.75) is 90.4 Å². The molecule has 0 bridgehead atoms. The monoisotopic (exact) mass is 421 g/mol. The number of carbonyl (C=O) groups excluding carboxylic acids is 2. The molecular weight excluding hydrogens is 385 g/mol. The molecule has 1 aliphatic rings. The van der Waals surface area contributed by atoms with Crippen LogP contribution in [0.2, 0.25) is 0 Å². The zero-order valence-electron chi connectivity index (χ0n) is 19.1. The van der Waals surface area contributed by atoms with E-state index in [0.29, 0.717) is 12.2 Å². The van der Waals surface area contributed by atoms with E-state index in [4.69, 9.17) is 9.47 Å². The summed E-state index contributed by atoms with van der Waals surface area (Å²) >= 11 is 0. The molecule has 0 aliphatic heterocycles. The molecule has 1 N–H and O–H groups in total. The highest BCUT2D eigenvalue weighted by Crippen LogP contribution is 2.41. The summed E-state index contributed by atoms with van der Waals surface area (Å²) in [4.78, 5) is 23.9. The smallest absolute Gasteiger partial charge is 0.408 e. The maximum absolute atomic E-state index is 13.7. The van der Waals surface area contributed by atoms with Gasteiger partial charge < -0.3 is 19.6 Å². The van der Waals surface area contributed by atoms with Gasteiger partial charge in [-0.2, -0.15) is 0 Å². The second kappa shape index (κ2) is 9.90. The Bertz CT molecular complexity index is 739. The Hall–Kier alpha value is -1.95. The van der Waals surface area contributed by atoms with Gasteiger partial charge in [0.15, 0.2) is 0 Å². The minimum Gasteiger partial charge on any atom is -0.444 e. The molecule has 3 atom stereocenters. The Morgan fingerprint density at radius 2 is 1.90 bits per heavy atom. The maximum atomic E-state index is 13.7. The highest BCUT2D eigenvalue weighted by Gasteiger charge is 2.35. The SMILES string of the molecule is Cc1cc(F)ccc1[C@H](C1CCCC1)[C@H](C)OC[C@@](C)(C=O)NC(=O)OC(C)(C)C. The number of ether oxygens (including phenoxy) is 2. The fourth-order valence-electron chi connectivity index (χ4n) is 4.26. The van der Waals surface area contributed by atoms with Crippen molar-refractivity contribution >= 4 is 12.4 Å². The summed E-state index contributed by atoms with van der Waals surface area (Å²) in [6, 6.07) is 4.91. The van der Waals surface area contributed by atoms with Gasteiger partial charge in [0.1, 0.15) is 23.2 Å². The van der Waals surface area contributed by atoms with Crippen LogP contribution < -0.4 is 5.32 Å². The van der Waals surface area contributed by atoms with Gasteiger partial charge in [0, 0.05) is 5.92 Å². The van der Waals surface area contributed by atoms with E-state index in [2.05, 4.69) is 5.32 Å². The van der Waals surface area contributed by atoms with E-state index in [0.717, 1.165) is 24.0 Å². The lowest BCUT2D eigenvalue weighted by Gasteiger charge is -2.34. The highest BCUT2D eigenvalue weighted by molar-refractivity contribution is 5.76. The number of carbonyl (C=O) groups is 2. The number of rotatable bonds is 8. The molecule has 168 valence electrons. The summed E-state index contributed by atoms with van der Waals surface area (Å²) in [6.07, 6.45) is 4.40. The Labute approximate surface area is 179 Å². The predicted molar refractivity (Wildman–Crippen MR) is 115 cm³/mol. The molecule has 0 saturated heterocycles. The zero-order valence-corrected chi connectivity index (χ0v) is 19.1. The molecule has 1 amide bonds. The number of aryl methyl sites for hydroxylation is 1. The van der Waals surface area contributed by atoms with Gasteiger partial charge in [-0.3, -0.25) is 0 Å². The number of halogens is 1. The van der Waals surface area contributed by atoms with Crippen molar-refractivity contribution in [1.29, 1.82) is 0 Å². The number of nitrogens with one attached hydrogen (secondary N) is 1. The third-order valence-electron chi connectivity index (χ3n) is 5.70. The molecule has 30 heavy (non-hydrogen) atoms. The van der Waals surface area contributed by atoms with Crippen molar-refractivity contribution in [3.8, 4) is 0 Å². The predicted octanol–water partition coefficient (Wildman–Crippen LogP) is 5.30. The fourth-order valence-corrected chi connectivity index (χ4v) is 4.26. The number of amides is 1. The zero-order chi connectivity index (χ0) is 22.5. The summed E-state index contributed by atoms with van der Waals surface area (Å²) in [6.45, 7) is 10.9. The first kappa shape index (κ1) is 24.3. The quantitative estimate of drug-likeness (QED) is 0.579. The summed E-state index contributed by atoms with van der Waals surface area (Å²) in [5.41, 5.74) is 0.140. The standard InChI is InChI=1S/C24H36FNO4/c1-16-13-19(25)11-12-20(16)21(18-9-7-8-10-18)17(2)29-15-24(6,14-27)26-22(28)30-23(3,4)5/h11-14,17-18,21H,7-10,15H2,1-6H3,(H,26,28)/t17-,21-,24+/m0/s1. The number of hydrogen-bond donors (Lipinski definition) is 1. The second-order valence-electron chi connectivity index (χ2n) is 9.75. The van der Waals surface area contributed by atoms with Crippen LogP contribution >= 0.6 is 0 Å². The van der Waals surface area contributed by atoms with Crippen LogP contribution in [0.5, 0.6) is 0 Å². The number of benzene rings is 1. The van der Waals surface area contributed by atoms with Gasteiger partial charge in [0.25, 0.3) is 0 Å². The van der Waals surface area contributed by atoms with E-state index >= 15 is 0 Å². The molecule has 0 heterocycles. The number of alkyl carbamates (subject to hydrolysis) is 1. The lowest BCUT2D eigenvalue weighted by molar-refractivity contribution is -0.116. The largest absolute Gasteiger partial charge is 0.444 e. The molecule has 5 nitrogen and oxygen atoms in total. The van der Waals surface area contributed by atoms with Crippen LogP contribution in [0.15, 0.2) is 18.2 Å². The van der Waals surface area contributed by atoms with E-state index in [9.17, 15) is 14.0 Å². The summed E-state index contributed by atoms with van der Waals surface area (Å²) in [5, 5.41) is 2.62. The van der Waals surface area contributed by atoms with Crippen molar-refractivity contribution in [2.24, 2.45) is 5.92 Å². The molecule has 2 rings (SSSR count). The summed E-state index contributed by atoms with van der Waals surface area (Å²) in [7, 11) is 0. The molecule has 1 saturated carbocycles. The molecule has 0 unspecified atom stereocenters. The second-order valence-corrected chi connectivity index (χ2v) is 9.75. The normalized spacial score (nSPS) is 19.0. The number of hydrogen-bond acceptors (Lipinski definition) is 4. The van der Waals surface area contributed by atoms with E-state index in [1.54, 1.807) is 33.8 Å². The molecule has 0 aromatic heterocycles. The van der Waals surface area contributed by atoms with Crippen molar-refractivity contribution in [2.75, 3.05) is 6.61 Å². The topological polar surface area (TPSA) is 64.6 Å². The molecule has 1 fully saturated rings. The van der Waals surface area contributed by atoms with Crippen molar-refractivity contribution in [3.63, 3.8) is 0 Å². The van der Waals surface area contributed by atoms with Gasteiger partial charge in [0.2, 0.25) is 0 Å². The minimum atomic E-state index is -1.20. The van der Waals surface area contributed by atoms with E-state index in [1.807, 2.05) is 19.9 Å². The van der Waals surface area contributed by atoms with Gasteiger partial charge >= 0.3 is 6.09 Å². The van der Waals surface area contributed by atoms with Gasteiger partial charge in [-0.15, -0.1) is 0 Å². The third-order valence-corrected chi connectivity index (χ3v) is 5.70. The van der Waals surface area contributed by atoms with Gasteiger partial charge in [-0.05, 0) is 83.6 Å². The van der Waals surface area contributed by atoms with Gasteiger partial charge in [-0.25, -0.2) is 9.18 Å². The summed E-state index contributed by atoms with van der Waals surface area (Å²) < 4.78 is 25.1. The maximum Gasteiger partial charge on any atom is 0.408 e. The van der Waals surface area contributed by atoms with Crippen molar-refractivity contribution in [3.05, 3.63) is 35.1 Å². The average molecular weight is 422 g/mol. The van der Waals surface area contributed by atoms with Gasteiger partial charge in [-0.1, -0.05) is 18.9 Å². The first-order chi connectivity index (χ1) is 13.9. The molecular formula is C24H36FNO4. The summed E-state index contributed by atoms with van der Waals surface area (Å²) in [5.74, 6) is 0.307. The minimum absolute atomic E-state index is 0.0281. The average Bonchev–Trinajstić information content (AvgIpc) is 3.14. The molecule has 1 aromatic rings. The van der Waals surface area contributed by atoms with Crippen LogP contribution in [0.3, 0.4) is 0 Å². The van der Waals surface area contributed by atoms with Crippen LogP contribution in [0.1, 0.15) is 77.3 Å². The first-order valence-electron chi connectivity index (χ1n) is 10.8.